The summed E-state index contributed by atoms with van der Waals surface area (Å²) in [6.45, 7) is 2.05. The van der Waals surface area contributed by atoms with Gasteiger partial charge >= 0.3 is 0 Å². The molecule has 0 aromatic heterocycles. The third kappa shape index (κ3) is 0.396. The Labute approximate surface area is 49.1 Å². The van der Waals surface area contributed by atoms with Crippen molar-refractivity contribution in [1.82, 2.24) is 0 Å². The average Bonchev–Trinajstić information content (AvgIpc) is 2.39. The zero-order valence-corrected chi connectivity index (χ0v) is 5.05. The van der Waals surface area contributed by atoms with Crippen molar-refractivity contribution in [2.24, 2.45) is 17.8 Å². The summed E-state index contributed by atoms with van der Waals surface area (Å²) in [5, 5.41) is 0. The van der Waals surface area contributed by atoms with E-state index in [0.717, 1.165) is 5.92 Å². The van der Waals surface area contributed by atoms with Gasteiger partial charge in [0.1, 0.15) is 5.78 Å². The highest BCUT2D eigenvalue weighted by Crippen LogP contribution is 2.51. The van der Waals surface area contributed by atoms with Crippen molar-refractivity contribution in [3.63, 3.8) is 0 Å². The molecular formula is C7H10O. The van der Waals surface area contributed by atoms with E-state index in [1.807, 2.05) is 0 Å². The highest BCUT2D eigenvalue weighted by Gasteiger charge is 2.50. The Morgan fingerprint density at radius 2 is 2.25 bits per heavy atom. The number of carbonyl (C=O) groups is 1. The summed E-state index contributed by atoms with van der Waals surface area (Å²) in [7, 11) is 0. The topological polar surface area (TPSA) is 17.1 Å². The van der Waals surface area contributed by atoms with Crippen LogP contribution < -0.4 is 0 Å². The lowest BCUT2D eigenvalue weighted by molar-refractivity contribution is -0.122. The number of hydrogen-bond acceptors (Lipinski definition) is 1. The van der Waals surface area contributed by atoms with Crippen molar-refractivity contribution >= 4 is 5.78 Å². The second kappa shape index (κ2) is 1.15. The monoisotopic (exact) mass is 110 g/mol. The summed E-state index contributed by atoms with van der Waals surface area (Å²) < 4.78 is 0. The maximum Gasteiger partial charge on any atom is 0.139 e. The van der Waals surface area contributed by atoms with Crippen molar-refractivity contribution in [1.29, 1.82) is 0 Å². The molecule has 2 aliphatic rings. The van der Waals surface area contributed by atoms with Gasteiger partial charge in [-0.05, 0) is 18.8 Å². The van der Waals surface area contributed by atoms with E-state index in [1.165, 1.54) is 12.8 Å². The minimum Gasteiger partial charge on any atom is -0.299 e. The molecule has 2 aliphatic carbocycles. The lowest BCUT2D eigenvalue weighted by Crippen LogP contribution is -2.05. The predicted molar refractivity (Wildman–Crippen MR) is 30.4 cm³/mol. The number of rotatable bonds is 0. The van der Waals surface area contributed by atoms with Crippen LogP contribution in [-0.4, -0.2) is 5.78 Å². The Morgan fingerprint density at radius 1 is 1.50 bits per heavy atom. The highest BCUT2D eigenvalue weighted by atomic mass is 16.1. The van der Waals surface area contributed by atoms with Crippen LogP contribution in [0.3, 0.4) is 0 Å². The molecular weight excluding hydrogens is 100 g/mol. The van der Waals surface area contributed by atoms with Gasteiger partial charge in [-0.15, -0.1) is 0 Å². The lowest BCUT2D eigenvalue weighted by Gasteiger charge is -1.98. The van der Waals surface area contributed by atoms with Crippen molar-refractivity contribution in [2.75, 3.05) is 0 Å². The molecule has 3 atom stereocenters. The summed E-state index contributed by atoms with van der Waals surface area (Å²) in [4.78, 5) is 10.9. The van der Waals surface area contributed by atoms with Crippen molar-refractivity contribution in [3.8, 4) is 0 Å². The number of fused-ring (bicyclic) bond motifs is 1. The molecule has 0 bridgehead atoms. The number of carbonyl (C=O) groups excluding carboxylic acids is 1. The molecule has 44 valence electrons. The average molecular weight is 110 g/mol. The SMILES string of the molecule is C[C@H]1C[C@@H]2C[C@@H]2C1=O. The Bertz CT molecular complexity index is 135. The fourth-order valence-corrected chi connectivity index (χ4v) is 1.79. The van der Waals surface area contributed by atoms with Gasteiger partial charge in [0.25, 0.3) is 0 Å². The van der Waals surface area contributed by atoms with Crippen molar-refractivity contribution in [3.05, 3.63) is 0 Å². The minimum absolute atomic E-state index is 0.402. The molecule has 2 rings (SSSR count). The van der Waals surface area contributed by atoms with Gasteiger partial charge in [-0.1, -0.05) is 6.92 Å². The van der Waals surface area contributed by atoms with Crippen molar-refractivity contribution < 1.29 is 4.79 Å². The van der Waals surface area contributed by atoms with Crippen LogP contribution in [0.15, 0.2) is 0 Å². The Balaban J connectivity index is 2.19. The van der Waals surface area contributed by atoms with Crippen LogP contribution in [0.2, 0.25) is 0 Å². The third-order valence-corrected chi connectivity index (χ3v) is 2.43. The first-order valence-corrected chi connectivity index (χ1v) is 3.33. The summed E-state index contributed by atoms with van der Waals surface area (Å²) in [5.41, 5.74) is 0. The standard InChI is InChI=1S/C7H10O/c1-4-2-5-3-6(5)7(4)8/h4-6H,2-3H2,1H3/t4-,5+,6-/m0/s1. The van der Waals surface area contributed by atoms with Gasteiger partial charge in [0.05, 0.1) is 0 Å². The highest BCUT2D eigenvalue weighted by molar-refractivity contribution is 5.88. The van der Waals surface area contributed by atoms with Crippen LogP contribution >= 0.6 is 0 Å². The maximum absolute atomic E-state index is 10.9. The molecule has 1 nitrogen and oxygen atoms in total. The van der Waals surface area contributed by atoms with Crippen LogP contribution in [0.4, 0.5) is 0 Å². The Hall–Kier alpha value is -0.330. The molecule has 0 radical (unpaired) electrons. The Morgan fingerprint density at radius 3 is 2.50 bits per heavy atom. The summed E-state index contributed by atoms with van der Waals surface area (Å²) >= 11 is 0. The van der Waals surface area contributed by atoms with Crippen LogP contribution in [0.5, 0.6) is 0 Å². The molecule has 2 fully saturated rings. The molecule has 1 heteroatoms. The predicted octanol–water partition coefficient (Wildman–Crippen LogP) is 1.23. The maximum atomic E-state index is 10.9. The van der Waals surface area contributed by atoms with Gasteiger partial charge in [-0.25, -0.2) is 0 Å². The lowest BCUT2D eigenvalue weighted by atomic mass is 10.1. The molecule has 0 amide bonds. The van der Waals surface area contributed by atoms with E-state index < -0.39 is 0 Å². The van der Waals surface area contributed by atoms with E-state index in [1.54, 1.807) is 0 Å². The summed E-state index contributed by atoms with van der Waals surface area (Å²) in [6.07, 6.45) is 2.40. The van der Waals surface area contributed by atoms with Gasteiger partial charge in [-0.3, -0.25) is 4.79 Å². The normalized spacial score (nSPS) is 51.6. The van der Waals surface area contributed by atoms with E-state index in [0.29, 0.717) is 17.6 Å². The number of hydrogen-bond donors (Lipinski definition) is 0. The van der Waals surface area contributed by atoms with Gasteiger partial charge in [0.15, 0.2) is 0 Å². The first-order chi connectivity index (χ1) is 3.79. The van der Waals surface area contributed by atoms with E-state index in [9.17, 15) is 4.79 Å². The molecule has 0 aromatic rings. The molecule has 0 spiro atoms. The zero-order chi connectivity index (χ0) is 5.72. The second-order valence-electron chi connectivity index (χ2n) is 3.14. The van der Waals surface area contributed by atoms with E-state index >= 15 is 0 Å². The van der Waals surface area contributed by atoms with E-state index in [-0.39, 0.29) is 0 Å². The van der Waals surface area contributed by atoms with E-state index in [4.69, 9.17) is 0 Å². The van der Waals surface area contributed by atoms with Crippen LogP contribution in [0, 0.1) is 17.8 Å². The number of ketones is 1. The largest absolute Gasteiger partial charge is 0.299 e. The fraction of sp³-hybridized carbons (Fsp3) is 0.857. The molecule has 0 saturated heterocycles. The Kier molecular flexibility index (Phi) is 0.651. The van der Waals surface area contributed by atoms with Gasteiger partial charge in [-0.2, -0.15) is 0 Å². The van der Waals surface area contributed by atoms with Crippen LogP contribution in [0.1, 0.15) is 19.8 Å². The van der Waals surface area contributed by atoms with Crippen LogP contribution in [-0.2, 0) is 4.79 Å². The van der Waals surface area contributed by atoms with Crippen molar-refractivity contribution in [2.45, 2.75) is 19.8 Å². The summed E-state index contributed by atoms with van der Waals surface area (Å²) in [6, 6.07) is 0. The number of Topliss-reactive ketones (excluding diaryl/α,β-unsaturated/α-hetero) is 1. The fourth-order valence-electron chi connectivity index (χ4n) is 1.79. The van der Waals surface area contributed by atoms with E-state index in [2.05, 4.69) is 6.92 Å². The van der Waals surface area contributed by atoms with Gasteiger partial charge < -0.3 is 0 Å². The molecule has 0 aliphatic heterocycles. The minimum atomic E-state index is 0.402. The van der Waals surface area contributed by atoms with Gasteiger partial charge in [0.2, 0.25) is 0 Å². The first-order valence-electron chi connectivity index (χ1n) is 3.33. The molecule has 8 heavy (non-hydrogen) atoms. The second-order valence-corrected chi connectivity index (χ2v) is 3.14. The molecule has 0 heterocycles. The third-order valence-electron chi connectivity index (χ3n) is 2.43. The van der Waals surface area contributed by atoms with Crippen LogP contribution in [0.25, 0.3) is 0 Å². The molecule has 0 unspecified atom stereocenters. The smallest absolute Gasteiger partial charge is 0.139 e. The first kappa shape index (κ1) is 4.54. The molecule has 0 N–H and O–H groups in total. The quantitative estimate of drug-likeness (QED) is 0.458. The molecule has 2 saturated carbocycles. The summed E-state index contributed by atoms with van der Waals surface area (Å²) in [5.74, 6) is 2.27. The zero-order valence-electron chi connectivity index (χ0n) is 5.05. The van der Waals surface area contributed by atoms with Gasteiger partial charge in [0, 0.05) is 11.8 Å². The molecule has 0 aromatic carbocycles.